The van der Waals surface area contributed by atoms with E-state index in [4.69, 9.17) is 16.3 Å². The van der Waals surface area contributed by atoms with Gasteiger partial charge in [0.15, 0.2) is 5.78 Å². The Morgan fingerprint density at radius 3 is 2.50 bits per heavy atom. The number of hydrogen-bond donors (Lipinski definition) is 0. The van der Waals surface area contributed by atoms with Gasteiger partial charge in [0, 0.05) is 45.0 Å². The van der Waals surface area contributed by atoms with Gasteiger partial charge < -0.3 is 4.74 Å². The Morgan fingerprint density at radius 2 is 1.92 bits per heavy atom. The molecule has 0 unspecified atom stereocenters. The minimum absolute atomic E-state index is 0.0247. The van der Waals surface area contributed by atoms with Crippen LogP contribution in [0.3, 0.4) is 0 Å². The molecule has 0 amide bonds. The number of hydrogen-bond acceptors (Lipinski definition) is 4. The van der Waals surface area contributed by atoms with Crippen molar-refractivity contribution < 1.29 is 17.9 Å². The van der Waals surface area contributed by atoms with E-state index in [1.807, 2.05) is 0 Å². The monoisotopic (exact) mass is 436 g/mol. The maximum atomic E-state index is 12.6. The fourth-order valence-electron chi connectivity index (χ4n) is 3.15. The number of benzene rings is 1. The molecule has 2 heterocycles. The number of ketones is 1. The number of rotatable bonds is 2. The molecule has 0 bridgehead atoms. The lowest BCUT2D eigenvalue weighted by Gasteiger charge is -2.44. The number of nitrogens with zero attached hydrogens (tertiary/aromatic N) is 2. The third-order valence-corrected chi connectivity index (χ3v) is 7.28. The van der Waals surface area contributed by atoms with Gasteiger partial charge in [0.25, 0.3) is 10.2 Å². The van der Waals surface area contributed by atoms with Crippen LogP contribution in [-0.4, -0.2) is 55.6 Å². The van der Waals surface area contributed by atoms with Crippen molar-refractivity contribution in [2.24, 2.45) is 0 Å². The fourth-order valence-corrected chi connectivity index (χ4v) is 5.14. The van der Waals surface area contributed by atoms with Crippen LogP contribution < -0.4 is 4.74 Å². The lowest BCUT2D eigenvalue weighted by molar-refractivity contribution is 0.00468. The zero-order chi connectivity index (χ0) is 17.7. The summed E-state index contributed by atoms with van der Waals surface area (Å²) in [5, 5.41) is 0.473. The van der Waals surface area contributed by atoms with Crippen molar-refractivity contribution in [2.45, 2.75) is 24.9 Å². The molecular formula is C15H18BrClN2O4S. The highest BCUT2D eigenvalue weighted by molar-refractivity contribution is 9.10. The van der Waals surface area contributed by atoms with Crippen LogP contribution >= 0.6 is 27.5 Å². The molecular weight excluding hydrogens is 420 g/mol. The molecule has 0 saturated carbocycles. The largest absolute Gasteiger partial charge is 0.485 e. The predicted molar refractivity (Wildman–Crippen MR) is 94.9 cm³/mol. The lowest BCUT2D eigenvalue weighted by Crippen LogP contribution is -2.54. The number of Topliss-reactive ketones (excluding diaryl/α,β-unsaturated/α-hetero) is 1. The topological polar surface area (TPSA) is 66.9 Å². The first-order valence-corrected chi connectivity index (χ1v) is 10.1. The average Bonchev–Trinajstić information content (AvgIpc) is 2.49. The summed E-state index contributed by atoms with van der Waals surface area (Å²) in [5.74, 6) is 0.475. The van der Waals surface area contributed by atoms with Crippen molar-refractivity contribution in [3.8, 4) is 5.75 Å². The maximum absolute atomic E-state index is 12.6. The number of carbonyl (C=O) groups is 1. The summed E-state index contributed by atoms with van der Waals surface area (Å²) in [4.78, 5) is 12.6. The number of halogens is 2. The van der Waals surface area contributed by atoms with Crippen LogP contribution in [0.25, 0.3) is 0 Å². The van der Waals surface area contributed by atoms with Gasteiger partial charge in [-0.25, -0.2) is 0 Å². The highest BCUT2D eigenvalue weighted by Gasteiger charge is 2.45. The zero-order valence-electron chi connectivity index (χ0n) is 13.4. The Morgan fingerprint density at radius 1 is 1.29 bits per heavy atom. The van der Waals surface area contributed by atoms with Crippen LogP contribution in [0.1, 0.15) is 29.6 Å². The number of fused-ring (bicyclic) bond motifs is 1. The Bertz CT molecular complexity index is 789. The van der Waals surface area contributed by atoms with Crippen LogP contribution in [-0.2, 0) is 10.2 Å². The van der Waals surface area contributed by atoms with Crippen molar-refractivity contribution in [2.75, 3.05) is 27.2 Å². The van der Waals surface area contributed by atoms with E-state index in [1.54, 1.807) is 12.1 Å². The number of ether oxygens (including phenoxy) is 1. The molecule has 1 aromatic rings. The normalized spacial score (nSPS) is 21.0. The third-order valence-electron chi connectivity index (χ3n) is 4.53. The van der Waals surface area contributed by atoms with Gasteiger partial charge >= 0.3 is 0 Å². The van der Waals surface area contributed by atoms with Gasteiger partial charge in [0.05, 0.1) is 16.5 Å². The van der Waals surface area contributed by atoms with E-state index in [9.17, 15) is 13.2 Å². The summed E-state index contributed by atoms with van der Waals surface area (Å²) in [6.45, 7) is 0.655. The second-order valence-electron chi connectivity index (χ2n) is 6.34. The lowest BCUT2D eigenvalue weighted by atomic mass is 9.83. The molecule has 1 saturated heterocycles. The molecule has 9 heteroatoms. The van der Waals surface area contributed by atoms with Crippen LogP contribution in [0.2, 0.25) is 5.02 Å². The van der Waals surface area contributed by atoms with Crippen molar-refractivity contribution in [1.82, 2.24) is 8.61 Å². The molecule has 2 aliphatic heterocycles. The Kier molecular flexibility index (Phi) is 4.72. The molecule has 0 aliphatic carbocycles. The van der Waals surface area contributed by atoms with Crippen LogP contribution in [0.4, 0.5) is 0 Å². The molecule has 6 nitrogen and oxygen atoms in total. The van der Waals surface area contributed by atoms with Gasteiger partial charge in [0.1, 0.15) is 11.4 Å². The molecule has 24 heavy (non-hydrogen) atoms. The van der Waals surface area contributed by atoms with Crippen LogP contribution in [0.5, 0.6) is 5.75 Å². The molecule has 0 aromatic heterocycles. The first-order valence-electron chi connectivity index (χ1n) is 7.53. The second kappa shape index (κ2) is 6.25. The maximum Gasteiger partial charge on any atom is 0.281 e. The van der Waals surface area contributed by atoms with Crippen molar-refractivity contribution in [3.05, 3.63) is 27.2 Å². The molecule has 1 aromatic carbocycles. The van der Waals surface area contributed by atoms with E-state index in [2.05, 4.69) is 15.9 Å². The highest BCUT2D eigenvalue weighted by Crippen LogP contribution is 2.44. The minimum Gasteiger partial charge on any atom is -0.485 e. The average molecular weight is 438 g/mol. The quantitative estimate of drug-likeness (QED) is 0.713. The predicted octanol–water partition coefficient (Wildman–Crippen LogP) is 2.71. The van der Waals surface area contributed by atoms with E-state index in [0.29, 0.717) is 46.7 Å². The molecule has 2 aliphatic rings. The van der Waals surface area contributed by atoms with Crippen molar-refractivity contribution in [1.29, 1.82) is 0 Å². The van der Waals surface area contributed by atoms with Crippen LogP contribution in [0, 0.1) is 0 Å². The number of carbonyl (C=O) groups excluding carboxylic acids is 1. The smallest absolute Gasteiger partial charge is 0.281 e. The molecule has 3 rings (SSSR count). The summed E-state index contributed by atoms with van der Waals surface area (Å²) in [6, 6.07) is 3.31. The Labute approximate surface area is 155 Å². The number of piperidine rings is 1. The Balaban J connectivity index is 1.84. The van der Waals surface area contributed by atoms with Gasteiger partial charge in [-0.3, -0.25) is 4.79 Å². The molecule has 0 radical (unpaired) electrons. The van der Waals surface area contributed by atoms with Gasteiger partial charge in [-0.05, 0) is 28.1 Å². The highest BCUT2D eigenvalue weighted by atomic mass is 79.9. The third kappa shape index (κ3) is 3.10. The molecule has 1 spiro atoms. The summed E-state index contributed by atoms with van der Waals surface area (Å²) in [7, 11) is -0.421. The standard InChI is InChI=1S/C15H18BrClN2O4S/c1-18(2)24(21,22)19-5-3-15(4-6-19)9-13(20)11-7-10(17)8-12(16)14(11)23-15/h7-8H,3-6,9H2,1-2H3. The first-order chi connectivity index (χ1) is 11.1. The van der Waals surface area contributed by atoms with Gasteiger partial charge in [-0.1, -0.05) is 11.6 Å². The SMILES string of the molecule is CN(C)S(=O)(=O)N1CCC2(CC1)CC(=O)c1cc(Cl)cc(Br)c1O2. The van der Waals surface area contributed by atoms with E-state index >= 15 is 0 Å². The molecule has 0 N–H and O–H groups in total. The van der Waals surface area contributed by atoms with E-state index < -0.39 is 15.8 Å². The minimum atomic E-state index is -3.44. The van der Waals surface area contributed by atoms with E-state index in [-0.39, 0.29) is 12.2 Å². The Hall–Kier alpha value is -0.670. The second-order valence-corrected chi connectivity index (χ2v) is 9.77. The summed E-state index contributed by atoms with van der Waals surface area (Å²) >= 11 is 9.41. The van der Waals surface area contributed by atoms with Gasteiger partial charge in [-0.15, -0.1) is 0 Å². The molecule has 1 fully saturated rings. The van der Waals surface area contributed by atoms with Crippen LogP contribution in [0.15, 0.2) is 16.6 Å². The molecule has 132 valence electrons. The van der Waals surface area contributed by atoms with E-state index in [1.165, 1.54) is 22.7 Å². The summed E-state index contributed by atoms with van der Waals surface area (Å²) < 4.78 is 33.9. The molecule has 0 atom stereocenters. The van der Waals surface area contributed by atoms with E-state index in [0.717, 1.165) is 0 Å². The van der Waals surface area contributed by atoms with Gasteiger partial charge in [0.2, 0.25) is 0 Å². The van der Waals surface area contributed by atoms with Crippen molar-refractivity contribution >= 4 is 43.5 Å². The fraction of sp³-hybridized carbons (Fsp3) is 0.533. The van der Waals surface area contributed by atoms with Crippen molar-refractivity contribution in [3.63, 3.8) is 0 Å². The zero-order valence-corrected chi connectivity index (χ0v) is 16.5. The summed E-state index contributed by atoms with van der Waals surface area (Å²) in [6.07, 6.45) is 1.18. The van der Waals surface area contributed by atoms with Gasteiger partial charge in [-0.2, -0.15) is 17.0 Å². The first kappa shape index (κ1) is 18.1. The summed E-state index contributed by atoms with van der Waals surface area (Å²) in [5.41, 5.74) is -0.179.